The van der Waals surface area contributed by atoms with Gasteiger partial charge in [0, 0.05) is 12.0 Å². The minimum absolute atomic E-state index is 0.863. The number of rotatable bonds is 3. The minimum atomic E-state index is -2.26. The van der Waals surface area contributed by atoms with Gasteiger partial charge in [-0.2, -0.15) is 0 Å². The lowest BCUT2D eigenvalue weighted by Gasteiger charge is -2.12. The average molecular weight is 269 g/mol. The van der Waals surface area contributed by atoms with Crippen molar-refractivity contribution in [3.63, 3.8) is 0 Å². The molecule has 0 aliphatic heterocycles. The summed E-state index contributed by atoms with van der Waals surface area (Å²) < 4.78 is 68.9. The number of hydrogen-bond donors (Lipinski definition) is 1. The summed E-state index contributed by atoms with van der Waals surface area (Å²) in [5.41, 5.74) is 4.04. The summed E-state index contributed by atoms with van der Waals surface area (Å²) in [4.78, 5) is 10.9. The van der Waals surface area contributed by atoms with E-state index in [0.29, 0.717) is 0 Å². The number of carbonyl (C=O) groups is 1. The fourth-order valence-corrected chi connectivity index (χ4v) is 1.28. The van der Waals surface area contributed by atoms with Crippen LogP contribution in [-0.4, -0.2) is 19.1 Å². The van der Waals surface area contributed by atoms with Crippen LogP contribution in [0.5, 0.6) is 0 Å². The Morgan fingerprint density at radius 2 is 1.44 bits per heavy atom. The zero-order valence-electron chi connectivity index (χ0n) is 9.07. The summed E-state index contributed by atoms with van der Waals surface area (Å²) >= 11 is 0. The average Bonchev–Trinajstić information content (AvgIpc) is 2.37. The van der Waals surface area contributed by atoms with Gasteiger partial charge in [-0.15, -0.1) is 0 Å². The molecule has 100 valence electrons. The molecule has 2 N–H and O–H groups in total. The molecule has 0 aliphatic carbocycles. The second-order valence-corrected chi connectivity index (χ2v) is 3.38. The molecule has 0 aromatic heterocycles. The van der Waals surface area contributed by atoms with E-state index in [-0.39, 0.29) is 0 Å². The molecule has 0 bridgehead atoms. The van der Waals surface area contributed by atoms with Crippen molar-refractivity contribution in [1.82, 2.24) is 0 Å². The Balaban J connectivity index is 3.22. The highest BCUT2D eigenvalue weighted by Crippen LogP contribution is 2.23. The molecule has 0 saturated heterocycles. The third kappa shape index (κ3) is 2.42. The minimum Gasteiger partial charge on any atom is -0.468 e. The number of halogens is 5. The van der Waals surface area contributed by atoms with Crippen molar-refractivity contribution in [1.29, 1.82) is 0 Å². The molecule has 18 heavy (non-hydrogen) atoms. The molecular weight excluding hydrogens is 261 g/mol. The first kappa shape index (κ1) is 14.4. The molecule has 0 heterocycles. The Bertz CT molecular complexity index is 463. The summed E-state index contributed by atoms with van der Waals surface area (Å²) in [5, 5.41) is 0. The normalized spacial score (nSPS) is 12.4. The summed E-state index contributed by atoms with van der Waals surface area (Å²) in [6, 6.07) is -1.52. The van der Waals surface area contributed by atoms with Crippen LogP contribution in [0, 0.1) is 29.1 Å². The molecule has 0 fully saturated rings. The van der Waals surface area contributed by atoms with Crippen LogP contribution in [0.4, 0.5) is 22.0 Å². The van der Waals surface area contributed by atoms with Crippen LogP contribution in [0.2, 0.25) is 0 Å². The molecule has 1 rings (SSSR count). The molecule has 0 spiro atoms. The van der Waals surface area contributed by atoms with Gasteiger partial charge in [-0.25, -0.2) is 22.0 Å². The Morgan fingerprint density at radius 1 is 1.06 bits per heavy atom. The molecule has 3 nitrogen and oxygen atoms in total. The molecule has 1 aromatic carbocycles. The molecule has 0 aliphatic rings. The molecule has 0 radical (unpaired) electrons. The van der Waals surface area contributed by atoms with Crippen molar-refractivity contribution >= 4 is 5.97 Å². The van der Waals surface area contributed by atoms with Crippen molar-refractivity contribution in [2.45, 2.75) is 12.5 Å². The van der Waals surface area contributed by atoms with Gasteiger partial charge in [0.2, 0.25) is 5.82 Å². The van der Waals surface area contributed by atoms with E-state index in [0.717, 1.165) is 7.11 Å². The maximum Gasteiger partial charge on any atom is 0.322 e. The maximum atomic E-state index is 13.2. The Morgan fingerprint density at radius 3 is 1.83 bits per heavy atom. The molecule has 0 saturated carbocycles. The molecule has 0 unspecified atom stereocenters. The number of nitrogens with two attached hydrogens (primary N) is 1. The van der Waals surface area contributed by atoms with E-state index in [1.54, 1.807) is 0 Å². The first-order valence-corrected chi connectivity index (χ1v) is 4.65. The lowest BCUT2D eigenvalue weighted by Crippen LogP contribution is -2.34. The van der Waals surface area contributed by atoms with Gasteiger partial charge in [0.25, 0.3) is 0 Å². The monoisotopic (exact) mass is 269 g/mol. The Kier molecular flexibility index (Phi) is 4.23. The van der Waals surface area contributed by atoms with Crippen molar-refractivity contribution in [2.75, 3.05) is 7.11 Å². The van der Waals surface area contributed by atoms with Crippen LogP contribution in [0.25, 0.3) is 0 Å². The number of benzene rings is 1. The van der Waals surface area contributed by atoms with E-state index in [1.165, 1.54) is 0 Å². The maximum absolute atomic E-state index is 13.2. The molecule has 0 amide bonds. The first-order chi connectivity index (χ1) is 8.31. The van der Waals surface area contributed by atoms with Crippen LogP contribution in [0.3, 0.4) is 0 Å². The van der Waals surface area contributed by atoms with Gasteiger partial charge in [0.05, 0.1) is 7.11 Å². The SMILES string of the molecule is COC(=O)[C@H](N)Cc1c(F)c(F)c(F)c(F)c1F. The van der Waals surface area contributed by atoms with Crippen LogP contribution in [0.1, 0.15) is 5.56 Å². The zero-order chi connectivity index (χ0) is 14.0. The fourth-order valence-electron chi connectivity index (χ4n) is 1.28. The number of ether oxygens (including phenoxy) is 1. The topological polar surface area (TPSA) is 52.3 Å². The van der Waals surface area contributed by atoms with Crippen LogP contribution >= 0.6 is 0 Å². The van der Waals surface area contributed by atoms with Gasteiger partial charge in [-0.1, -0.05) is 0 Å². The van der Waals surface area contributed by atoms with E-state index >= 15 is 0 Å². The zero-order valence-corrected chi connectivity index (χ0v) is 9.07. The predicted octanol–water partition coefficient (Wildman–Crippen LogP) is 1.42. The lowest BCUT2D eigenvalue weighted by molar-refractivity contribution is -0.142. The summed E-state index contributed by atoms with van der Waals surface area (Å²) in [6.07, 6.45) is -0.863. The Hall–Kier alpha value is -1.70. The number of esters is 1. The standard InChI is InChI=1S/C10H8F5NO2/c1-18-10(17)4(16)2-3-5(11)7(13)9(15)8(14)6(3)12/h4H,2,16H2,1H3/t4-/m1/s1. The van der Waals surface area contributed by atoms with Crippen LogP contribution < -0.4 is 5.73 Å². The fraction of sp³-hybridized carbons (Fsp3) is 0.300. The van der Waals surface area contributed by atoms with Gasteiger partial charge in [-0.3, -0.25) is 4.79 Å². The van der Waals surface area contributed by atoms with Gasteiger partial charge in [-0.05, 0) is 0 Å². The van der Waals surface area contributed by atoms with E-state index in [2.05, 4.69) is 4.74 Å². The smallest absolute Gasteiger partial charge is 0.322 e. The van der Waals surface area contributed by atoms with Crippen LogP contribution in [-0.2, 0) is 16.0 Å². The van der Waals surface area contributed by atoms with Crippen LogP contribution in [0.15, 0.2) is 0 Å². The van der Waals surface area contributed by atoms with Gasteiger partial charge < -0.3 is 10.5 Å². The largest absolute Gasteiger partial charge is 0.468 e. The lowest BCUT2D eigenvalue weighted by atomic mass is 10.0. The highest BCUT2D eigenvalue weighted by molar-refractivity contribution is 5.75. The van der Waals surface area contributed by atoms with E-state index in [1.807, 2.05) is 0 Å². The van der Waals surface area contributed by atoms with Gasteiger partial charge in [0.15, 0.2) is 23.3 Å². The van der Waals surface area contributed by atoms with Gasteiger partial charge in [0.1, 0.15) is 6.04 Å². The number of carbonyl (C=O) groups excluding carboxylic acids is 1. The first-order valence-electron chi connectivity index (χ1n) is 4.65. The van der Waals surface area contributed by atoms with Gasteiger partial charge >= 0.3 is 5.97 Å². The summed E-state index contributed by atoms with van der Waals surface area (Å²) in [5.74, 6) is -11.5. The van der Waals surface area contributed by atoms with Crippen molar-refractivity contribution in [3.8, 4) is 0 Å². The second-order valence-electron chi connectivity index (χ2n) is 3.38. The predicted molar refractivity (Wildman–Crippen MR) is 49.9 cm³/mol. The molecule has 8 heteroatoms. The Labute approximate surface area is 98.3 Å². The van der Waals surface area contributed by atoms with E-state index < -0.39 is 53.1 Å². The summed E-state index contributed by atoms with van der Waals surface area (Å²) in [7, 11) is 0.973. The second kappa shape index (κ2) is 5.30. The summed E-state index contributed by atoms with van der Waals surface area (Å²) in [6.45, 7) is 0. The number of hydrogen-bond acceptors (Lipinski definition) is 3. The quantitative estimate of drug-likeness (QED) is 0.391. The van der Waals surface area contributed by atoms with Crippen molar-refractivity contribution in [2.24, 2.45) is 5.73 Å². The third-order valence-electron chi connectivity index (χ3n) is 2.23. The van der Waals surface area contributed by atoms with E-state index in [9.17, 15) is 26.7 Å². The molecule has 1 aromatic rings. The highest BCUT2D eigenvalue weighted by Gasteiger charge is 2.28. The molecule has 1 atom stereocenters. The van der Waals surface area contributed by atoms with Crippen molar-refractivity contribution in [3.05, 3.63) is 34.6 Å². The number of methoxy groups -OCH3 is 1. The highest BCUT2D eigenvalue weighted by atomic mass is 19.2. The van der Waals surface area contributed by atoms with E-state index in [4.69, 9.17) is 5.73 Å². The van der Waals surface area contributed by atoms with Crippen molar-refractivity contribution < 1.29 is 31.5 Å². The third-order valence-corrected chi connectivity index (χ3v) is 2.23. The molecular formula is C10H8F5NO2.